The number of anilines is 1. The standard InChI is InChI=1S/C12H7F3N4S/c13-12(14,15)10-9(8-5-20-11(16)19-8)17-6-3-1-2-4-7(6)18-10/h1-5H,(H2,16,19). The van der Waals surface area contributed by atoms with Crippen LogP contribution in [0.3, 0.4) is 0 Å². The van der Waals surface area contributed by atoms with Crippen LogP contribution in [0.15, 0.2) is 29.6 Å². The Morgan fingerprint density at radius 1 is 1.00 bits per heavy atom. The molecule has 8 heteroatoms. The number of nitrogens with zero attached hydrogens (tertiary/aromatic N) is 3. The van der Waals surface area contributed by atoms with Gasteiger partial charge in [-0.2, -0.15) is 13.2 Å². The van der Waals surface area contributed by atoms with E-state index in [1.54, 1.807) is 18.2 Å². The van der Waals surface area contributed by atoms with Crippen LogP contribution in [0.1, 0.15) is 5.69 Å². The van der Waals surface area contributed by atoms with Gasteiger partial charge in [0.2, 0.25) is 0 Å². The van der Waals surface area contributed by atoms with Crippen molar-refractivity contribution in [3.8, 4) is 11.4 Å². The van der Waals surface area contributed by atoms with E-state index in [1.807, 2.05) is 0 Å². The molecule has 2 heterocycles. The van der Waals surface area contributed by atoms with Crippen molar-refractivity contribution in [2.75, 3.05) is 5.73 Å². The number of aromatic nitrogens is 3. The number of nitrogens with two attached hydrogens (primary N) is 1. The van der Waals surface area contributed by atoms with Crippen molar-refractivity contribution in [3.63, 3.8) is 0 Å². The number of fused-ring (bicyclic) bond motifs is 1. The maximum atomic E-state index is 13.1. The van der Waals surface area contributed by atoms with Crippen LogP contribution in [0.2, 0.25) is 0 Å². The molecule has 2 N–H and O–H groups in total. The second-order valence-electron chi connectivity index (χ2n) is 3.98. The zero-order valence-corrected chi connectivity index (χ0v) is 10.7. The summed E-state index contributed by atoms with van der Waals surface area (Å²) in [4.78, 5) is 11.6. The smallest absolute Gasteiger partial charge is 0.375 e. The highest BCUT2D eigenvalue weighted by atomic mass is 32.1. The maximum absolute atomic E-state index is 13.1. The fourth-order valence-corrected chi connectivity index (χ4v) is 2.32. The molecule has 0 fully saturated rings. The summed E-state index contributed by atoms with van der Waals surface area (Å²) in [6.07, 6.45) is -4.61. The summed E-state index contributed by atoms with van der Waals surface area (Å²) in [6.45, 7) is 0. The number of benzene rings is 1. The van der Waals surface area contributed by atoms with E-state index in [1.165, 1.54) is 11.4 Å². The van der Waals surface area contributed by atoms with Gasteiger partial charge in [-0.15, -0.1) is 11.3 Å². The molecule has 0 bridgehead atoms. The number of hydrogen-bond acceptors (Lipinski definition) is 5. The molecule has 0 amide bonds. The van der Waals surface area contributed by atoms with Gasteiger partial charge in [-0.3, -0.25) is 0 Å². The Balaban J connectivity index is 2.33. The fourth-order valence-electron chi connectivity index (χ4n) is 1.77. The minimum absolute atomic E-state index is 0.0816. The largest absolute Gasteiger partial charge is 0.435 e. The lowest BCUT2D eigenvalue weighted by Gasteiger charge is -2.10. The van der Waals surface area contributed by atoms with Crippen molar-refractivity contribution in [3.05, 3.63) is 35.3 Å². The highest BCUT2D eigenvalue weighted by molar-refractivity contribution is 7.13. The average Bonchev–Trinajstić information content (AvgIpc) is 2.83. The van der Waals surface area contributed by atoms with Crippen LogP contribution in [-0.2, 0) is 6.18 Å². The first-order chi connectivity index (χ1) is 9.45. The lowest BCUT2D eigenvalue weighted by atomic mass is 10.2. The van der Waals surface area contributed by atoms with Gasteiger partial charge in [0.1, 0.15) is 11.4 Å². The van der Waals surface area contributed by atoms with Gasteiger partial charge in [-0.1, -0.05) is 12.1 Å². The second kappa shape index (κ2) is 4.41. The number of rotatable bonds is 1. The number of para-hydroxylation sites is 2. The Bertz CT molecular complexity index is 782. The molecule has 0 aliphatic rings. The Kier molecular flexibility index (Phi) is 2.82. The van der Waals surface area contributed by atoms with Crippen molar-refractivity contribution in [1.82, 2.24) is 15.0 Å². The minimum Gasteiger partial charge on any atom is -0.375 e. The normalized spacial score (nSPS) is 11.9. The number of thiazole rings is 1. The van der Waals surface area contributed by atoms with Crippen molar-refractivity contribution < 1.29 is 13.2 Å². The van der Waals surface area contributed by atoms with Crippen molar-refractivity contribution in [2.24, 2.45) is 0 Å². The topological polar surface area (TPSA) is 64.7 Å². The predicted molar refractivity (Wildman–Crippen MR) is 70.1 cm³/mol. The third-order valence-electron chi connectivity index (χ3n) is 2.60. The predicted octanol–water partition coefficient (Wildman–Crippen LogP) is 3.35. The van der Waals surface area contributed by atoms with Gasteiger partial charge in [0.25, 0.3) is 0 Å². The molecule has 3 rings (SSSR count). The zero-order valence-electron chi connectivity index (χ0n) is 9.85. The van der Waals surface area contributed by atoms with Crippen LogP contribution in [0, 0.1) is 0 Å². The van der Waals surface area contributed by atoms with Gasteiger partial charge in [-0.25, -0.2) is 15.0 Å². The molecule has 3 aromatic rings. The SMILES string of the molecule is Nc1nc(-c2nc3ccccc3nc2C(F)(F)F)cs1. The third-order valence-corrected chi connectivity index (χ3v) is 3.28. The summed E-state index contributed by atoms with van der Waals surface area (Å²) in [5, 5.41) is 1.62. The second-order valence-corrected chi connectivity index (χ2v) is 4.87. The molecular formula is C12H7F3N4S. The zero-order chi connectivity index (χ0) is 14.3. The fraction of sp³-hybridized carbons (Fsp3) is 0.0833. The summed E-state index contributed by atoms with van der Waals surface area (Å²) in [5.74, 6) is 0. The Labute approximate surface area is 115 Å². The molecule has 4 nitrogen and oxygen atoms in total. The van der Waals surface area contributed by atoms with Crippen LogP contribution in [0.4, 0.5) is 18.3 Å². The van der Waals surface area contributed by atoms with E-state index in [2.05, 4.69) is 15.0 Å². The molecule has 102 valence electrons. The summed E-state index contributed by atoms with van der Waals surface area (Å²) in [6, 6.07) is 6.37. The van der Waals surface area contributed by atoms with Gasteiger partial charge in [0, 0.05) is 5.38 Å². The monoisotopic (exact) mass is 296 g/mol. The van der Waals surface area contributed by atoms with E-state index >= 15 is 0 Å². The van der Waals surface area contributed by atoms with Gasteiger partial charge in [0.05, 0.1) is 11.0 Å². The lowest BCUT2D eigenvalue weighted by molar-refractivity contribution is -0.140. The number of nitrogen functional groups attached to an aromatic ring is 1. The third kappa shape index (κ3) is 2.18. The van der Waals surface area contributed by atoms with E-state index in [4.69, 9.17) is 5.73 Å². The molecule has 0 aliphatic carbocycles. The molecule has 0 unspecified atom stereocenters. The van der Waals surface area contributed by atoms with E-state index in [-0.39, 0.29) is 22.0 Å². The van der Waals surface area contributed by atoms with Crippen LogP contribution in [0.25, 0.3) is 22.4 Å². The van der Waals surface area contributed by atoms with Crippen molar-refractivity contribution in [1.29, 1.82) is 0 Å². The Morgan fingerprint density at radius 3 is 2.20 bits per heavy atom. The number of halogens is 3. The molecule has 0 radical (unpaired) electrons. The summed E-state index contributed by atoms with van der Waals surface area (Å²) >= 11 is 1.06. The highest BCUT2D eigenvalue weighted by Gasteiger charge is 2.37. The van der Waals surface area contributed by atoms with Gasteiger partial charge >= 0.3 is 6.18 Å². The van der Waals surface area contributed by atoms with Gasteiger partial charge in [0.15, 0.2) is 10.8 Å². The molecule has 20 heavy (non-hydrogen) atoms. The summed E-state index contributed by atoms with van der Waals surface area (Å²) in [7, 11) is 0. The first-order valence-electron chi connectivity index (χ1n) is 5.50. The Morgan fingerprint density at radius 2 is 1.65 bits per heavy atom. The van der Waals surface area contributed by atoms with E-state index in [0.29, 0.717) is 5.52 Å². The van der Waals surface area contributed by atoms with Gasteiger partial charge in [-0.05, 0) is 12.1 Å². The molecule has 2 aromatic heterocycles. The highest BCUT2D eigenvalue weighted by Crippen LogP contribution is 2.36. The lowest BCUT2D eigenvalue weighted by Crippen LogP contribution is -2.12. The number of hydrogen-bond donors (Lipinski definition) is 1. The molecule has 1 aromatic carbocycles. The molecular weight excluding hydrogens is 289 g/mol. The molecule has 0 atom stereocenters. The molecule has 0 aliphatic heterocycles. The van der Waals surface area contributed by atoms with Gasteiger partial charge < -0.3 is 5.73 Å². The Hall–Kier alpha value is -2.22. The number of alkyl halides is 3. The summed E-state index contributed by atoms with van der Waals surface area (Å²) < 4.78 is 39.3. The first kappa shape index (κ1) is 12.8. The molecule has 0 saturated heterocycles. The van der Waals surface area contributed by atoms with Crippen molar-refractivity contribution >= 4 is 27.5 Å². The van der Waals surface area contributed by atoms with E-state index in [9.17, 15) is 13.2 Å². The van der Waals surface area contributed by atoms with Crippen LogP contribution < -0.4 is 5.73 Å². The van der Waals surface area contributed by atoms with E-state index in [0.717, 1.165) is 11.3 Å². The molecule has 0 saturated carbocycles. The van der Waals surface area contributed by atoms with Crippen LogP contribution in [-0.4, -0.2) is 15.0 Å². The summed E-state index contributed by atoms with van der Waals surface area (Å²) in [5.41, 5.74) is 4.76. The maximum Gasteiger partial charge on any atom is 0.435 e. The minimum atomic E-state index is -4.61. The van der Waals surface area contributed by atoms with Crippen LogP contribution >= 0.6 is 11.3 Å². The molecule has 0 spiro atoms. The van der Waals surface area contributed by atoms with Crippen molar-refractivity contribution in [2.45, 2.75) is 6.18 Å². The van der Waals surface area contributed by atoms with E-state index < -0.39 is 11.9 Å². The quantitative estimate of drug-likeness (QED) is 0.748. The van der Waals surface area contributed by atoms with Crippen LogP contribution in [0.5, 0.6) is 0 Å². The average molecular weight is 296 g/mol. The first-order valence-corrected chi connectivity index (χ1v) is 6.38.